The maximum Gasteiger partial charge on any atom is 0.193 e. The van der Waals surface area contributed by atoms with E-state index in [4.69, 9.17) is 4.99 Å². The van der Waals surface area contributed by atoms with Gasteiger partial charge in [0.25, 0.3) is 0 Å². The summed E-state index contributed by atoms with van der Waals surface area (Å²) in [4.78, 5) is 7.81. The van der Waals surface area contributed by atoms with Gasteiger partial charge in [0.2, 0.25) is 0 Å². The van der Waals surface area contributed by atoms with Gasteiger partial charge in [0.15, 0.2) is 5.96 Å². The Morgan fingerprint density at radius 1 is 0.444 bits per heavy atom. The highest BCUT2D eigenvalue weighted by Crippen LogP contribution is 2.11. The zero-order chi connectivity index (χ0) is 26.4. The van der Waals surface area contributed by atoms with Crippen LogP contribution < -0.4 is 5.32 Å². The van der Waals surface area contributed by atoms with Gasteiger partial charge in [-0.15, -0.1) is 0 Å². The molecular weight excluding hydrogens is 438 g/mol. The van der Waals surface area contributed by atoms with Gasteiger partial charge in [0.05, 0.1) is 0 Å². The molecule has 36 heavy (non-hydrogen) atoms. The first-order chi connectivity index (χ1) is 17.8. The van der Waals surface area contributed by atoms with Crippen molar-refractivity contribution in [3.63, 3.8) is 0 Å². The molecule has 0 saturated heterocycles. The molecular formula is C33H69N3. The first-order valence-electron chi connectivity index (χ1n) is 16.8. The third-order valence-corrected chi connectivity index (χ3v) is 7.45. The fourth-order valence-corrected chi connectivity index (χ4v) is 4.94. The molecule has 0 amide bonds. The van der Waals surface area contributed by atoms with E-state index in [0.717, 1.165) is 13.1 Å². The van der Waals surface area contributed by atoms with Gasteiger partial charge in [-0.3, -0.25) is 4.99 Å². The van der Waals surface area contributed by atoms with Crippen molar-refractivity contribution in [3.8, 4) is 0 Å². The Labute approximate surface area is 229 Å². The summed E-state index contributed by atoms with van der Waals surface area (Å²) >= 11 is 0. The van der Waals surface area contributed by atoms with Crippen LogP contribution in [0.3, 0.4) is 0 Å². The average Bonchev–Trinajstić information content (AvgIpc) is 2.89. The number of rotatable bonds is 28. The standard InChI is InChI=1S/C33H69N3/c1-5-9-13-17-21-25-29-34-33(35-30-26-22-18-14-10-6-2)36(31-27-23-19-15-11-7-3)32-28-24-20-16-12-8-4/h5-32H2,1-4H3,(H,34,35). The molecule has 0 spiro atoms. The van der Waals surface area contributed by atoms with Crippen molar-refractivity contribution in [2.45, 2.75) is 182 Å². The topological polar surface area (TPSA) is 27.6 Å². The van der Waals surface area contributed by atoms with Gasteiger partial charge in [0, 0.05) is 26.2 Å². The van der Waals surface area contributed by atoms with Gasteiger partial charge in [-0.1, -0.05) is 156 Å². The Balaban J connectivity index is 4.80. The second kappa shape index (κ2) is 30.5. The molecule has 0 bridgehead atoms. The number of aliphatic imine (C=N–C) groups is 1. The molecule has 0 saturated carbocycles. The van der Waals surface area contributed by atoms with Crippen LogP contribution in [0.15, 0.2) is 4.99 Å². The molecule has 1 N–H and O–H groups in total. The molecule has 0 atom stereocenters. The van der Waals surface area contributed by atoms with Crippen LogP contribution in [0, 0.1) is 0 Å². The Bertz CT molecular complexity index is 419. The van der Waals surface area contributed by atoms with Gasteiger partial charge in [-0.2, -0.15) is 0 Å². The molecule has 3 heteroatoms. The van der Waals surface area contributed by atoms with Crippen LogP contribution in [0.2, 0.25) is 0 Å². The summed E-state index contributed by atoms with van der Waals surface area (Å²) in [6.45, 7) is 13.7. The van der Waals surface area contributed by atoms with E-state index in [1.54, 1.807) is 0 Å². The van der Waals surface area contributed by atoms with Crippen LogP contribution in [0.4, 0.5) is 0 Å². The highest BCUT2D eigenvalue weighted by atomic mass is 15.3. The lowest BCUT2D eigenvalue weighted by Gasteiger charge is -2.27. The second-order valence-corrected chi connectivity index (χ2v) is 11.2. The number of hydrogen-bond donors (Lipinski definition) is 1. The van der Waals surface area contributed by atoms with E-state index in [1.165, 1.54) is 173 Å². The van der Waals surface area contributed by atoms with Crippen molar-refractivity contribution < 1.29 is 0 Å². The lowest BCUT2D eigenvalue weighted by molar-refractivity contribution is 0.370. The van der Waals surface area contributed by atoms with E-state index >= 15 is 0 Å². The summed E-state index contributed by atoms with van der Waals surface area (Å²) in [7, 11) is 0. The molecule has 3 nitrogen and oxygen atoms in total. The van der Waals surface area contributed by atoms with E-state index < -0.39 is 0 Å². The smallest absolute Gasteiger partial charge is 0.193 e. The van der Waals surface area contributed by atoms with E-state index in [9.17, 15) is 0 Å². The van der Waals surface area contributed by atoms with Crippen molar-refractivity contribution in [1.82, 2.24) is 10.2 Å². The molecule has 216 valence electrons. The van der Waals surface area contributed by atoms with Crippen LogP contribution in [0.25, 0.3) is 0 Å². The normalized spacial score (nSPS) is 11.8. The van der Waals surface area contributed by atoms with Crippen LogP contribution >= 0.6 is 0 Å². The number of nitrogens with zero attached hydrogens (tertiary/aromatic N) is 2. The van der Waals surface area contributed by atoms with Crippen LogP contribution in [0.5, 0.6) is 0 Å². The Kier molecular flexibility index (Phi) is 29.9. The molecule has 0 aliphatic heterocycles. The number of guanidine groups is 1. The lowest BCUT2D eigenvalue weighted by Crippen LogP contribution is -2.43. The molecule has 0 fully saturated rings. The number of hydrogen-bond acceptors (Lipinski definition) is 1. The van der Waals surface area contributed by atoms with Gasteiger partial charge >= 0.3 is 0 Å². The summed E-state index contributed by atoms with van der Waals surface area (Å²) in [5.41, 5.74) is 0. The number of unbranched alkanes of at least 4 members (excludes halogenated alkanes) is 20. The fourth-order valence-electron chi connectivity index (χ4n) is 4.94. The van der Waals surface area contributed by atoms with E-state index in [2.05, 4.69) is 37.9 Å². The second-order valence-electron chi connectivity index (χ2n) is 11.2. The third kappa shape index (κ3) is 24.9. The molecule has 0 rings (SSSR count). The van der Waals surface area contributed by atoms with Crippen LogP contribution in [0.1, 0.15) is 182 Å². The van der Waals surface area contributed by atoms with Crippen molar-refractivity contribution in [3.05, 3.63) is 0 Å². The summed E-state index contributed by atoms with van der Waals surface area (Å²) in [5, 5.41) is 3.82. The minimum absolute atomic E-state index is 0.995. The Hall–Kier alpha value is -0.730. The SMILES string of the molecule is CCCCCCCCN=C(NCCCCCCCC)N(CCCCCCCC)CCCCCCCC. The molecule has 0 aliphatic carbocycles. The molecule has 0 aromatic rings. The third-order valence-electron chi connectivity index (χ3n) is 7.45. The van der Waals surface area contributed by atoms with Gasteiger partial charge in [0.1, 0.15) is 0 Å². The van der Waals surface area contributed by atoms with Gasteiger partial charge < -0.3 is 10.2 Å². The molecule has 0 aromatic carbocycles. The van der Waals surface area contributed by atoms with Crippen molar-refractivity contribution in [2.75, 3.05) is 26.2 Å². The molecule has 0 heterocycles. The minimum atomic E-state index is 0.995. The Morgan fingerprint density at radius 3 is 1.25 bits per heavy atom. The predicted molar refractivity (Wildman–Crippen MR) is 165 cm³/mol. The van der Waals surface area contributed by atoms with E-state index in [1.807, 2.05) is 0 Å². The molecule has 0 aliphatic rings. The van der Waals surface area contributed by atoms with Gasteiger partial charge in [-0.25, -0.2) is 0 Å². The highest BCUT2D eigenvalue weighted by molar-refractivity contribution is 5.80. The lowest BCUT2D eigenvalue weighted by atomic mass is 10.1. The monoisotopic (exact) mass is 508 g/mol. The molecule has 0 aromatic heterocycles. The molecule has 0 unspecified atom stereocenters. The fraction of sp³-hybridized carbons (Fsp3) is 0.970. The van der Waals surface area contributed by atoms with Crippen molar-refractivity contribution in [1.29, 1.82) is 0 Å². The first kappa shape index (κ1) is 35.3. The zero-order valence-electron chi connectivity index (χ0n) is 25.7. The highest BCUT2D eigenvalue weighted by Gasteiger charge is 2.11. The van der Waals surface area contributed by atoms with E-state index in [0.29, 0.717) is 0 Å². The predicted octanol–water partition coefficient (Wildman–Crippen LogP) is 10.7. The van der Waals surface area contributed by atoms with Crippen molar-refractivity contribution >= 4 is 5.96 Å². The largest absolute Gasteiger partial charge is 0.356 e. The number of nitrogens with one attached hydrogen (secondary N) is 1. The van der Waals surface area contributed by atoms with Crippen LogP contribution in [-0.2, 0) is 0 Å². The van der Waals surface area contributed by atoms with Crippen LogP contribution in [-0.4, -0.2) is 37.0 Å². The average molecular weight is 508 g/mol. The summed E-state index contributed by atoms with van der Waals surface area (Å²) in [5.74, 6) is 1.22. The van der Waals surface area contributed by atoms with E-state index in [-0.39, 0.29) is 0 Å². The Morgan fingerprint density at radius 2 is 0.806 bits per heavy atom. The molecule has 0 radical (unpaired) electrons. The quantitative estimate of drug-likeness (QED) is 0.0647. The van der Waals surface area contributed by atoms with Gasteiger partial charge in [-0.05, 0) is 25.7 Å². The maximum atomic E-state index is 5.18. The summed E-state index contributed by atoms with van der Waals surface area (Å²) in [6, 6.07) is 0. The first-order valence-corrected chi connectivity index (χ1v) is 16.8. The summed E-state index contributed by atoms with van der Waals surface area (Å²) in [6.07, 6.45) is 32.6. The zero-order valence-corrected chi connectivity index (χ0v) is 25.7. The van der Waals surface area contributed by atoms with Crippen molar-refractivity contribution in [2.24, 2.45) is 4.99 Å². The maximum absolute atomic E-state index is 5.18. The summed E-state index contributed by atoms with van der Waals surface area (Å²) < 4.78 is 0. The minimum Gasteiger partial charge on any atom is -0.356 e.